The average molecular weight is 409 g/mol. The number of hydrogen-bond acceptors (Lipinski definition) is 5. The van der Waals surface area contributed by atoms with Crippen molar-refractivity contribution in [2.75, 3.05) is 0 Å². The minimum Gasteiger partial charge on any atom is -0.347 e. The third kappa shape index (κ3) is 4.52. The van der Waals surface area contributed by atoms with Crippen LogP contribution in [0.15, 0.2) is 63.9 Å². The second kappa shape index (κ2) is 8.28. The van der Waals surface area contributed by atoms with E-state index in [9.17, 15) is 9.59 Å². The Morgan fingerprint density at radius 3 is 2.76 bits per heavy atom. The van der Waals surface area contributed by atoms with Crippen LogP contribution < -0.4 is 10.9 Å². The lowest BCUT2D eigenvalue weighted by molar-refractivity contribution is -0.121. The number of aromatic nitrogens is 3. The molecule has 4 aromatic rings. The van der Waals surface area contributed by atoms with Crippen LogP contribution in [-0.4, -0.2) is 21.0 Å². The summed E-state index contributed by atoms with van der Waals surface area (Å²) in [5.41, 5.74) is 1.94. The first-order valence-electron chi connectivity index (χ1n) is 9.05. The van der Waals surface area contributed by atoms with Gasteiger partial charge in [0.25, 0.3) is 5.56 Å². The molecule has 0 unspecified atom stereocenters. The fraction of sp³-hybridized carbons (Fsp3) is 0.143. The van der Waals surface area contributed by atoms with Crippen LogP contribution in [0.5, 0.6) is 0 Å². The smallest absolute Gasteiger partial charge is 0.251 e. The van der Waals surface area contributed by atoms with Crippen LogP contribution in [0.4, 0.5) is 0 Å². The van der Waals surface area contributed by atoms with E-state index in [2.05, 4.69) is 20.4 Å². The summed E-state index contributed by atoms with van der Waals surface area (Å²) < 4.78 is 5.17. The molecular formula is C21H17ClN4O3. The number of H-pyrrole nitrogens is 1. The highest BCUT2D eigenvalue weighted by Gasteiger charge is 2.11. The molecule has 0 saturated carbocycles. The summed E-state index contributed by atoms with van der Waals surface area (Å²) in [5, 5.41) is 8.19. The zero-order chi connectivity index (χ0) is 20.2. The fourth-order valence-corrected chi connectivity index (χ4v) is 3.06. The summed E-state index contributed by atoms with van der Waals surface area (Å²) in [6, 6.07) is 16.4. The molecule has 1 amide bonds. The lowest BCUT2D eigenvalue weighted by Gasteiger charge is -2.04. The molecule has 0 aliphatic carbocycles. The average Bonchev–Trinajstić information content (AvgIpc) is 3.20. The van der Waals surface area contributed by atoms with E-state index in [4.69, 9.17) is 16.1 Å². The van der Waals surface area contributed by atoms with Crippen molar-refractivity contribution in [1.82, 2.24) is 20.4 Å². The normalized spacial score (nSPS) is 10.9. The molecule has 2 aromatic carbocycles. The van der Waals surface area contributed by atoms with E-state index in [1.807, 2.05) is 30.3 Å². The van der Waals surface area contributed by atoms with Crippen molar-refractivity contribution in [3.63, 3.8) is 0 Å². The van der Waals surface area contributed by atoms with Crippen molar-refractivity contribution >= 4 is 28.4 Å². The van der Waals surface area contributed by atoms with E-state index in [1.54, 1.807) is 24.3 Å². The summed E-state index contributed by atoms with van der Waals surface area (Å²) in [6.07, 6.45) is 0.519. The van der Waals surface area contributed by atoms with Gasteiger partial charge in [0.2, 0.25) is 17.6 Å². The van der Waals surface area contributed by atoms with Gasteiger partial charge in [-0.1, -0.05) is 35.0 Å². The first kappa shape index (κ1) is 18.9. The van der Waals surface area contributed by atoms with Gasteiger partial charge in [-0.05, 0) is 48.2 Å². The van der Waals surface area contributed by atoms with Crippen molar-refractivity contribution < 1.29 is 9.32 Å². The second-order valence-corrected chi connectivity index (χ2v) is 6.94. The topological polar surface area (TPSA) is 101 Å². The van der Waals surface area contributed by atoms with Gasteiger partial charge >= 0.3 is 0 Å². The molecule has 2 aromatic heterocycles. The molecule has 0 aliphatic rings. The number of halogens is 1. The summed E-state index contributed by atoms with van der Waals surface area (Å²) in [7, 11) is 0. The third-order valence-corrected chi connectivity index (χ3v) is 4.71. The van der Waals surface area contributed by atoms with Gasteiger partial charge in [-0.3, -0.25) is 9.59 Å². The molecule has 0 bridgehead atoms. The largest absolute Gasteiger partial charge is 0.347 e. The number of hydrogen-bond donors (Lipinski definition) is 2. The molecular weight excluding hydrogens is 392 g/mol. The summed E-state index contributed by atoms with van der Waals surface area (Å²) in [4.78, 5) is 31.4. The van der Waals surface area contributed by atoms with E-state index in [1.165, 1.54) is 0 Å². The van der Waals surface area contributed by atoms with E-state index in [-0.39, 0.29) is 24.4 Å². The molecule has 4 rings (SSSR count). The number of nitrogens with zero attached hydrogens (tertiary/aromatic N) is 2. The van der Waals surface area contributed by atoms with Crippen LogP contribution in [0.1, 0.15) is 17.9 Å². The van der Waals surface area contributed by atoms with Crippen LogP contribution in [0, 0.1) is 0 Å². The van der Waals surface area contributed by atoms with Crippen molar-refractivity contribution in [2.45, 2.75) is 19.4 Å². The van der Waals surface area contributed by atoms with Crippen molar-refractivity contribution in [2.24, 2.45) is 0 Å². The van der Waals surface area contributed by atoms with Gasteiger partial charge in [0, 0.05) is 28.1 Å². The Labute approximate surface area is 170 Å². The highest BCUT2D eigenvalue weighted by Crippen LogP contribution is 2.18. The van der Waals surface area contributed by atoms with E-state index >= 15 is 0 Å². The molecule has 0 aliphatic heterocycles. The van der Waals surface area contributed by atoms with Gasteiger partial charge in [0.1, 0.15) is 0 Å². The van der Waals surface area contributed by atoms with E-state index < -0.39 is 0 Å². The lowest BCUT2D eigenvalue weighted by Crippen LogP contribution is -2.24. The molecule has 8 heteroatoms. The number of pyridine rings is 1. The maximum atomic E-state index is 12.2. The Hall–Kier alpha value is -3.45. The Morgan fingerprint density at radius 2 is 1.93 bits per heavy atom. The minimum atomic E-state index is -0.205. The maximum absolute atomic E-state index is 12.2. The number of aromatic amines is 1. The highest BCUT2D eigenvalue weighted by atomic mass is 35.5. The predicted molar refractivity (Wildman–Crippen MR) is 109 cm³/mol. The highest BCUT2D eigenvalue weighted by molar-refractivity contribution is 6.30. The molecule has 7 nitrogen and oxygen atoms in total. The first-order valence-corrected chi connectivity index (χ1v) is 9.42. The van der Waals surface area contributed by atoms with Crippen LogP contribution in [0.2, 0.25) is 5.02 Å². The lowest BCUT2D eigenvalue weighted by atomic mass is 10.1. The maximum Gasteiger partial charge on any atom is 0.251 e. The minimum absolute atomic E-state index is 0.119. The molecule has 2 heterocycles. The molecule has 0 atom stereocenters. The number of carbonyl (C=O) groups excluding carboxylic acids is 1. The van der Waals surface area contributed by atoms with Gasteiger partial charge < -0.3 is 14.8 Å². The molecule has 29 heavy (non-hydrogen) atoms. The first-order chi connectivity index (χ1) is 14.1. The molecule has 146 valence electrons. The number of nitrogens with one attached hydrogen (secondary N) is 2. The number of benzene rings is 2. The number of rotatable bonds is 6. The number of fused-ring (bicyclic) bond motifs is 1. The van der Waals surface area contributed by atoms with Crippen molar-refractivity contribution in [3.8, 4) is 11.4 Å². The SMILES string of the molecule is O=C(CCc1cc2ccccc2[nH]c1=O)NCc1nc(-c2ccc(Cl)cc2)no1. The Morgan fingerprint density at radius 1 is 1.14 bits per heavy atom. The van der Waals surface area contributed by atoms with Gasteiger partial charge in [-0.25, -0.2) is 0 Å². The summed E-state index contributed by atoms with van der Waals surface area (Å²) in [6.45, 7) is 0.119. The number of carbonyl (C=O) groups is 1. The number of aryl methyl sites for hydroxylation is 1. The quantitative estimate of drug-likeness (QED) is 0.508. The van der Waals surface area contributed by atoms with Crippen molar-refractivity contribution in [1.29, 1.82) is 0 Å². The Bertz CT molecular complexity index is 1210. The summed E-state index contributed by atoms with van der Waals surface area (Å²) in [5.74, 6) is 0.518. The third-order valence-electron chi connectivity index (χ3n) is 4.46. The Kier molecular flexibility index (Phi) is 5.39. The fourth-order valence-electron chi connectivity index (χ4n) is 2.93. The van der Waals surface area contributed by atoms with E-state index in [0.29, 0.717) is 28.7 Å². The zero-order valence-corrected chi connectivity index (χ0v) is 16.1. The number of amides is 1. The molecule has 0 saturated heterocycles. The zero-order valence-electron chi connectivity index (χ0n) is 15.3. The monoisotopic (exact) mass is 408 g/mol. The number of para-hydroxylation sites is 1. The van der Waals surface area contributed by atoms with Gasteiger partial charge in [0.15, 0.2) is 0 Å². The Balaban J connectivity index is 1.33. The van der Waals surface area contributed by atoms with Crippen LogP contribution in [0.3, 0.4) is 0 Å². The van der Waals surface area contributed by atoms with Crippen molar-refractivity contribution in [3.05, 3.63) is 81.4 Å². The van der Waals surface area contributed by atoms with E-state index in [0.717, 1.165) is 16.5 Å². The molecule has 0 radical (unpaired) electrons. The van der Waals surface area contributed by atoms with Crippen LogP contribution >= 0.6 is 11.6 Å². The second-order valence-electron chi connectivity index (χ2n) is 6.51. The van der Waals surface area contributed by atoms with Gasteiger partial charge in [0.05, 0.1) is 6.54 Å². The standard InChI is InChI=1S/C21H17ClN4O3/c22-16-8-5-13(6-9-16)20-25-19(29-26-20)12-23-18(27)10-7-15-11-14-3-1-2-4-17(14)24-21(15)28/h1-6,8-9,11H,7,10,12H2,(H,23,27)(H,24,28). The van der Waals surface area contributed by atoms with Crippen LogP contribution in [-0.2, 0) is 17.8 Å². The molecule has 0 spiro atoms. The predicted octanol–water partition coefficient (Wildman–Crippen LogP) is 3.48. The van der Waals surface area contributed by atoms with Crippen LogP contribution in [0.25, 0.3) is 22.3 Å². The van der Waals surface area contributed by atoms with Gasteiger partial charge in [-0.15, -0.1) is 0 Å². The van der Waals surface area contributed by atoms with Gasteiger partial charge in [-0.2, -0.15) is 4.98 Å². The molecule has 2 N–H and O–H groups in total. The molecule has 0 fully saturated rings. The summed E-state index contributed by atoms with van der Waals surface area (Å²) >= 11 is 5.87.